The fourth-order valence-electron chi connectivity index (χ4n) is 2.12. The number of aromatic nitrogens is 1. The van der Waals surface area contributed by atoms with E-state index >= 15 is 0 Å². The summed E-state index contributed by atoms with van der Waals surface area (Å²) < 4.78 is 27.0. The SMILES string of the molecule is Cl.NCC1CCCN(S(=O)(=O)c2cncc(Br)c2)C1. The number of hydrogen-bond acceptors (Lipinski definition) is 4. The number of sulfonamides is 1. The lowest BCUT2D eigenvalue weighted by Crippen LogP contribution is -2.41. The zero-order valence-electron chi connectivity index (χ0n) is 10.3. The van der Waals surface area contributed by atoms with Crippen molar-refractivity contribution in [3.63, 3.8) is 0 Å². The number of pyridine rings is 1. The number of nitrogens with zero attached hydrogens (tertiary/aromatic N) is 2. The molecule has 0 aromatic carbocycles. The third-order valence-electron chi connectivity index (χ3n) is 3.13. The monoisotopic (exact) mass is 369 g/mol. The van der Waals surface area contributed by atoms with Gasteiger partial charge in [0, 0.05) is 30.0 Å². The van der Waals surface area contributed by atoms with Crippen molar-refractivity contribution in [3.8, 4) is 0 Å². The van der Waals surface area contributed by atoms with E-state index in [2.05, 4.69) is 20.9 Å². The highest BCUT2D eigenvalue weighted by atomic mass is 79.9. The number of halogens is 2. The number of rotatable bonds is 3. The molecule has 108 valence electrons. The van der Waals surface area contributed by atoms with Gasteiger partial charge in [0.2, 0.25) is 10.0 Å². The average molecular weight is 371 g/mol. The Bertz CT molecular complexity index is 526. The predicted octanol–water partition coefficient (Wildman–Crippen LogP) is 1.63. The molecule has 1 aliphatic heterocycles. The first-order chi connectivity index (χ1) is 8.54. The lowest BCUT2D eigenvalue weighted by Gasteiger charge is -2.31. The summed E-state index contributed by atoms with van der Waals surface area (Å²) in [6.07, 6.45) is 4.81. The summed E-state index contributed by atoms with van der Waals surface area (Å²) in [5, 5.41) is 0. The molecule has 1 atom stereocenters. The van der Waals surface area contributed by atoms with E-state index < -0.39 is 10.0 Å². The number of piperidine rings is 1. The molecule has 0 aliphatic carbocycles. The van der Waals surface area contributed by atoms with Gasteiger partial charge in [-0.05, 0) is 47.3 Å². The van der Waals surface area contributed by atoms with E-state index in [1.54, 1.807) is 12.3 Å². The molecule has 2 N–H and O–H groups in total. The summed E-state index contributed by atoms with van der Waals surface area (Å²) in [4.78, 5) is 4.14. The zero-order valence-corrected chi connectivity index (χ0v) is 13.5. The third kappa shape index (κ3) is 3.88. The molecule has 0 bridgehead atoms. The lowest BCUT2D eigenvalue weighted by atomic mass is 10.0. The summed E-state index contributed by atoms with van der Waals surface area (Å²) in [6.45, 7) is 1.60. The highest BCUT2D eigenvalue weighted by Gasteiger charge is 2.29. The molecule has 19 heavy (non-hydrogen) atoms. The molecule has 5 nitrogen and oxygen atoms in total. The second kappa shape index (κ2) is 6.99. The molecule has 2 rings (SSSR count). The highest BCUT2D eigenvalue weighted by Crippen LogP contribution is 2.24. The Kier molecular flexibility index (Phi) is 6.19. The summed E-state index contributed by atoms with van der Waals surface area (Å²) in [7, 11) is -3.44. The average Bonchev–Trinajstić information content (AvgIpc) is 2.39. The van der Waals surface area contributed by atoms with Crippen LogP contribution in [0.2, 0.25) is 0 Å². The van der Waals surface area contributed by atoms with Crippen LogP contribution in [0.4, 0.5) is 0 Å². The molecule has 1 aromatic rings. The molecule has 0 spiro atoms. The molecule has 0 amide bonds. The van der Waals surface area contributed by atoms with Crippen molar-refractivity contribution in [1.82, 2.24) is 9.29 Å². The summed E-state index contributed by atoms with van der Waals surface area (Å²) >= 11 is 3.24. The minimum atomic E-state index is -3.44. The molecule has 1 aliphatic rings. The van der Waals surface area contributed by atoms with Crippen molar-refractivity contribution >= 4 is 38.4 Å². The third-order valence-corrected chi connectivity index (χ3v) is 5.40. The summed E-state index contributed by atoms with van der Waals surface area (Å²) in [5.41, 5.74) is 5.63. The molecule has 1 aromatic heterocycles. The van der Waals surface area contributed by atoms with Gasteiger partial charge in [-0.1, -0.05) is 0 Å². The van der Waals surface area contributed by atoms with E-state index in [0.717, 1.165) is 12.8 Å². The quantitative estimate of drug-likeness (QED) is 0.877. The minimum Gasteiger partial charge on any atom is -0.330 e. The number of hydrogen-bond donors (Lipinski definition) is 1. The van der Waals surface area contributed by atoms with Gasteiger partial charge >= 0.3 is 0 Å². The van der Waals surface area contributed by atoms with Gasteiger partial charge in [-0.25, -0.2) is 8.42 Å². The second-order valence-electron chi connectivity index (χ2n) is 4.45. The predicted molar refractivity (Wildman–Crippen MR) is 79.7 cm³/mol. The van der Waals surface area contributed by atoms with Gasteiger partial charge in [-0.2, -0.15) is 4.31 Å². The Labute approximate surface area is 128 Å². The Morgan fingerprint density at radius 2 is 2.21 bits per heavy atom. The Morgan fingerprint density at radius 3 is 2.84 bits per heavy atom. The molecule has 0 saturated carbocycles. The van der Waals surface area contributed by atoms with Crippen molar-refractivity contribution in [1.29, 1.82) is 0 Å². The molecule has 1 saturated heterocycles. The van der Waals surface area contributed by atoms with Crippen LogP contribution in [0.25, 0.3) is 0 Å². The van der Waals surface area contributed by atoms with E-state index in [4.69, 9.17) is 5.73 Å². The van der Waals surface area contributed by atoms with Gasteiger partial charge < -0.3 is 5.73 Å². The van der Waals surface area contributed by atoms with Crippen LogP contribution in [-0.2, 0) is 10.0 Å². The largest absolute Gasteiger partial charge is 0.330 e. The van der Waals surface area contributed by atoms with E-state index in [1.807, 2.05) is 0 Å². The maximum Gasteiger partial charge on any atom is 0.244 e. The highest BCUT2D eigenvalue weighted by molar-refractivity contribution is 9.10. The molecule has 1 unspecified atom stereocenters. The van der Waals surface area contributed by atoms with Gasteiger partial charge in [0.15, 0.2) is 0 Å². The lowest BCUT2D eigenvalue weighted by molar-refractivity contribution is 0.271. The van der Waals surface area contributed by atoms with E-state index in [0.29, 0.717) is 24.1 Å². The summed E-state index contributed by atoms with van der Waals surface area (Å²) in [5.74, 6) is 0.258. The topological polar surface area (TPSA) is 76.3 Å². The molecular weight excluding hydrogens is 354 g/mol. The van der Waals surface area contributed by atoms with E-state index in [1.165, 1.54) is 10.5 Å². The second-order valence-corrected chi connectivity index (χ2v) is 7.30. The Hall–Kier alpha value is -0.210. The maximum atomic E-state index is 12.4. The number of nitrogens with two attached hydrogens (primary N) is 1. The Balaban J connectivity index is 0.00000180. The van der Waals surface area contributed by atoms with Crippen LogP contribution < -0.4 is 5.73 Å². The van der Waals surface area contributed by atoms with Crippen LogP contribution in [-0.4, -0.2) is 37.3 Å². The standard InChI is InChI=1S/C11H16BrN3O2S.ClH/c12-10-4-11(7-14-6-10)18(16,17)15-3-1-2-9(5-13)8-15;/h4,6-7,9H,1-3,5,8,13H2;1H. The molecule has 1 fully saturated rings. The normalized spacial score (nSPS) is 20.8. The van der Waals surface area contributed by atoms with Crippen LogP contribution in [0.1, 0.15) is 12.8 Å². The van der Waals surface area contributed by atoms with E-state index in [9.17, 15) is 8.42 Å². The van der Waals surface area contributed by atoms with Crippen LogP contribution in [0.3, 0.4) is 0 Å². The van der Waals surface area contributed by atoms with E-state index in [-0.39, 0.29) is 23.2 Å². The van der Waals surface area contributed by atoms with Gasteiger partial charge in [0.05, 0.1) is 0 Å². The van der Waals surface area contributed by atoms with Crippen molar-refractivity contribution in [2.45, 2.75) is 17.7 Å². The molecular formula is C11H17BrClN3O2S. The van der Waals surface area contributed by atoms with Crippen molar-refractivity contribution in [3.05, 3.63) is 22.9 Å². The Morgan fingerprint density at radius 1 is 1.47 bits per heavy atom. The van der Waals surface area contributed by atoms with Gasteiger partial charge in [-0.15, -0.1) is 12.4 Å². The fourth-order valence-corrected chi connectivity index (χ4v) is 4.18. The van der Waals surface area contributed by atoms with Gasteiger partial charge in [0.1, 0.15) is 4.90 Å². The maximum absolute atomic E-state index is 12.4. The smallest absolute Gasteiger partial charge is 0.244 e. The van der Waals surface area contributed by atoms with Gasteiger partial charge in [0.25, 0.3) is 0 Å². The molecule has 2 heterocycles. The first-order valence-corrected chi connectivity index (χ1v) is 8.08. The molecule has 8 heteroatoms. The zero-order chi connectivity index (χ0) is 13.2. The van der Waals surface area contributed by atoms with Crippen LogP contribution in [0.15, 0.2) is 27.8 Å². The minimum absolute atomic E-state index is 0. The fraction of sp³-hybridized carbons (Fsp3) is 0.545. The van der Waals surface area contributed by atoms with Crippen LogP contribution in [0.5, 0.6) is 0 Å². The van der Waals surface area contributed by atoms with Crippen molar-refractivity contribution < 1.29 is 8.42 Å². The van der Waals surface area contributed by atoms with Crippen LogP contribution >= 0.6 is 28.3 Å². The van der Waals surface area contributed by atoms with Gasteiger partial charge in [-0.3, -0.25) is 4.98 Å². The summed E-state index contributed by atoms with van der Waals surface area (Å²) in [6, 6.07) is 1.58. The molecule has 0 radical (unpaired) electrons. The first kappa shape index (κ1) is 16.8. The van der Waals surface area contributed by atoms with Crippen molar-refractivity contribution in [2.24, 2.45) is 11.7 Å². The van der Waals surface area contributed by atoms with Crippen molar-refractivity contribution in [2.75, 3.05) is 19.6 Å². The van der Waals surface area contributed by atoms with Crippen LogP contribution in [0, 0.1) is 5.92 Å². The first-order valence-electron chi connectivity index (χ1n) is 5.85.